The summed E-state index contributed by atoms with van der Waals surface area (Å²) in [5.74, 6) is 0.747. The van der Waals surface area contributed by atoms with E-state index in [1.807, 2.05) is 6.20 Å². The summed E-state index contributed by atoms with van der Waals surface area (Å²) in [7, 11) is 0. The van der Waals surface area contributed by atoms with Gasteiger partial charge in [0.2, 0.25) is 0 Å². The monoisotopic (exact) mass is 277 g/mol. The van der Waals surface area contributed by atoms with Crippen LogP contribution >= 0.6 is 11.3 Å². The van der Waals surface area contributed by atoms with Gasteiger partial charge in [-0.05, 0) is 24.3 Å². The number of thiophene rings is 1. The second-order valence-corrected chi connectivity index (χ2v) is 5.94. The quantitative estimate of drug-likeness (QED) is 0.801. The van der Waals surface area contributed by atoms with Gasteiger partial charge >= 0.3 is 0 Å². The highest BCUT2D eigenvalue weighted by Gasteiger charge is 2.14. The summed E-state index contributed by atoms with van der Waals surface area (Å²) >= 11 is 1.75. The molecule has 0 aliphatic carbocycles. The SMILES string of the molecule is CCC(CC)C(C)NCc1cn[nH]c1-c1cccs1. The Morgan fingerprint density at radius 2 is 2.16 bits per heavy atom. The molecule has 0 spiro atoms. The number of aromatic amines is 1. The second-order valence-electron chi connectivity index (χ2n) is 4.99. The first-order valence-electron chi connectivity index (χ1n) is 7.05. The van der Waals surface area contributed by atoms with Crippen molar-refractivity contribution in [1.29, 1.82) is 0 Å². The van der Waals surface area contributed by atoms with Crippen molar-refractivity contribution in [2.75, 3.05) is 0 Å². The van der Waals surface area contributed by atoms with Gasteiger partial charge < -0.3 is 5.32 Å². The number of aromatic nitrogens is 2. The molecule has 0 saturated carbocycles. The van der Waals surface area contributed by atoms with Crippen LogP contribution in [0.3, 0.4) is 0 Å². The largest absolute Gasteiger partial charge is 0.310 e. The van der Waals surface area contributed by atoms with E-state index in [2.05, 4.69) is 53.8 Å². The molecule has 0 aliphatic rings. The van der Waals surface area contributed by atoms with Gasteiger partial charge in [0.25, 0.3) is 0 Å². The molecule has 0 aromatic carbocycles. The van der Waals surface area contributed by atoms with Crippen LogP contribution < -0.4 is 5.32 Å². The van der Waals surface area contributed by atoms with Gasteiger partial charge in [-0.3, -0.25) is 5.10 Å². The van der Waals surface area contributed by atoms with Crippen molar-refractivity contribution in [3.05, 3.63) is 29.3 Å². The van der Waals surface area contributed by atoms with E-state index in [9.17, 15) is 0 Å². The fraction of sp³-hybridized carbons (Fsp3) is 0.533. The van der Waals surface area contributed by atoms with E-state index in [-0.39, 0.29) is 0 Å². The third-order valence-corrected chi connectivity index (χ3v) is 4.74. The fourth-order valence-electron chi connectivity index (χ4n) is 2.51. The zero-order chi connectivity index (χ0) is 13.7. The standard InChI is InChI=1S/C15H23N3S/c1-4-12(5-2)11(3)16-9-13-10-17-18-15(13)14-7-6-8-19-14/h6-8,10-12,16H,4-5,9H2,1-3H3,(H,17,18). The summed E-state index contributed by atoms with van der Waals surface area (Å²) in [4.78, 5) is 1.25. The van der Waals surface area contributed by atoms with Crippen LogP contribution in [0, 0.1) is 5.92 Å². The first kappa shape index (κ1) is 14.3. The van der Waals surface area contributed by atoms with Gasteiger partial charge in [0.1, 0.15) is 0 Å². The van der Waals surface area contributed by atoms with Crippen LogP contribution in [0.2, 0.25) is 0 Å². The van der Waals surface area contributed by atoms with Gasteiger partial charge in [-0.2, -0.15) is 5.10 Å². The Morgan fingerprint density at radius 1 is 1.37 bits per heavy atom. The van der Waals surface area contributed by atoms with E-state index in [0.717, 1.165) is 18.2 Å². The third kappa shape index (κ3) is 3.45. The molecule has 2 aromatic rings. The van der Waals surface area contributed by atoms with Crippen LogP contribution in [-0.4, -0.2) is 16.2 Å². The summed E-state index contributed by atoms with van der Waals surface area (Å²) in [6.45, 7) is 7.69. The fourth-order valence-corrected chi connectivity index (χ4v) is 3.27. The molecule has 0 amide bonds. The van der Waals surface area contributed by atoms with Gasteiger partial charge in [0, 0.05) is 18.2 Å². The predicted molar refractivity (Wildman–Crippen MR) is 82.3 cm³/mol. The minimum Gasteiger partial charge on any atom is -0.310 e. The molecular weight excluding hydrogens is 254 g/mol. The lowest BCUT2D eigenvalue weighted by Crippen LogP contribution is -2.32. The molecule has 0 radical (unpaired) electrons. The van der Waals surface area contributed by atoms with E-state index in [4.69, 9.17) is 0 Å². The lowest BCUT2D eigenvalue weighted by Gasteiger charge is -2.22. The smallest absolute Gasteiger partial charge is 0.0794 e. The van der Waals surface area contributed by atoms with E-state index in [1.165, 1.54) is 23.3 Å². The van der Waals surface area contributed by atoms with Gasteiger partial charge in [0.05, 0.1) is 16.8 Å². The van der Waals surface area contributed by atoms with E-state index < -0.39 is 0 Å². The van der Waals surface area contributed by atoms with Gasteiger partial charge in [-0.1, -0.05) is 32.8 Å². The van der Waals surface area contributed by atoms with Crippen molar-refractivity contribution < 1.29 is 0 Å². The van der Waals surface area contributed by atoms with Crippen LogP contribution in [0.1, 0.15) is 39.2 Å². The zero-order valence-electron chi connectivity index (χ0n) is 11.9. The van der Waals surface area contributed by atoms with Gasteiger partial charge in [-0.25, -0.2) is 0 Å². The molecule has 1 unspecified atom stereocenters. The summed E-state index contributed by atoms with van der Waals surface area (Å²) in [6, 6.07) is 4.75. The Bertz CT molecular complexity index is 471. The molecule has 0 bridgehead atoms. The van der Waals surface area contributed by atoms with Crippen molar-refractivity contribution >= 4 is 11.3 Å². The summed E-state index contributed by atoms with van der Waals surface area (Å²) < 4.78 is 0. The van der Waals surface area contributed by atoms with Crippen LogP contribution in [-0.2, 0) is 6.54 Å². The van der Waals surface area contributed by atoms with Crippen LogP contribution in [0.25, 0.3) is 10.6 Å². The number of rotatable bonds is 7. The number of hydrogen-bond donors (Lipinski definition) is 2. The molecule has 2 heterocycles. The number of nitrogens with zero attached hydrogens (tertiary/aromatic N) is 1. The Hall–Kier alpha value is -1.13. The Labute approximate surface area is 119 Å². The molecule has 0 saturated heterocycles. The van der Waals surface area contributed by atoms with Crippen LogP contribution in [0.15, 0.2) is 23.7 Å². The Balaban J connectivity index is 1.99. The molecule has 3 nitrogen and oxygen atoms in total. The average Bonchev–Trinajstić information content (AvgIpc) is 3.08. The van der Waals surface area contributed by atoms with Crippen LogP contribution in [0.4, 0.5) is 0 Å². The van der Waals surface area contributed by atoms with Crippen molar-refractivity contribution in [2.45, 2.75) is 46.2 Å². The maximum absolute atomic E-state index is 4.18. The van der Waals surface area contributed by atoms with Gasteiger partial charge in [0.15, 0.2) is 0 Å². The highest BCUT2D eigenvalue weighted by molar-refractivity contribution is 7.13. The van der Waals surface area contributed by atoms with E-state index >= 15 is 0 Å². The molecule has 0 aliphatic heterocycles. The molecule has 104 valence electrons. The normalized spacial score (nSPS) is 13.1. The van der Waals surface area contributed by atoms with E-state index in [1.54, 1.807) is 11.3 Å². The highest BCUT2D eigenvalue weighted by Crippen LogP contribution is 2.26. The molecule has 2 N–H and O–H groups in total. The molecule has 2 rings (SSSR count). The third-order valence-electron chi connectivity index (χ3n) is 3.86. The number of hydrogen-bond acceptors (Lipinski definition) is 3. The van der Waals surface area contributed by atoms with Crippen molar-refractivity contribution in [1.82, 2.24) is 15.5 Å². The maximum atomic E-state index is 4.18. The molecular formula is C15H23N3S. The molecule has 2 aromatic heterocycles. The van der Waals surface area contributed by atoms with Crippen molar-refractivity contribution in [2.24, 2.45) is 5.92 Å². The molecule has 4 heteroatoms. The molecule has 1 atom stereocenters. The van der Waals surface area contributed by atoms with E-state index in [0.29, 0.717) is 6.04 Å². The number of nitrogens with one attached hydrogen (secondary N) is 2. The summed E-state index contributed by atoms with van der Waals surface area (Å²) in [6.07, 6.45) is 4.39. The predicted octanol–water partition coefficient (Wildman–Crippen LogP) is 4.05. The topological polar surface area (TPSA) is 40.7 Å². The van der Waals surface area contributed by atoms with Crippen molar-refractivity contribution in [3.63, 3.8) is 0 Å². The first-order valence-corrected chi connectivity index (χ1v) is 7.93. The maximum Gasteiger partial charge on any atom is 0.0794 e. The second kappa shape index (κ2) is 6.87. The summed E-state index contributed by atoms with van der Waals surface area (Å²) in [5.41, 5.74) is 2.40. The highest BCUT2D eigenvalue weighted by atomic mass is 32.1. The minimum atomic E-state index is 0.543. The molecule has 19 heavy (non-hydrogen) atoms. The lowest BCUT2D eigenvalue weighted by molar-refractivity contribution is 0.353. The Morgan fingerprint density at radius 3 is 2.79 bits per heavy atom. The number of H-pyrrole nitrogens is 1. The average molecular weight is 277 g/mol. The van der Waals surface area contributed by atoms with Crippen molar-refractivity contribution in [3.8, 4) is 10.6 Å². The summed E-state index contributed by atoms with van der Waals surface area (Å²) in [5, 5.41) is 13.0. The van der Waals surface area contributed by atoms with Gasteiger partial charge in [-0.15, -0.1) is 11.3 Å². The molecule has 0 fully saturated rings. The minimum absolute atomic E-state index is 0.543. The lowest BCUT2D eigenvalue weighted by atomic mass is 9.95. The first-order chi connectivity index (χ1) is 9.26. The Kier molecular flexibility index (Phi) is 5.16. The zero-order valence-corrected chi connectivity index (χ0v) is 12.8. The van der Waals surface area contributed by atoms with Crippen LogP contribution in [0.5, 0.6) is 0 Å².